The van der Waals surface area contributed by atoms with E-state index in [4.69, 9.17) is 5.73 Å². The van der Waals surface area contributed by atoms with Gasteiger partial charge in [-0.3, -0.25) is 19.4 Å². The second-order valence-electron chi connectivity index (χ2n) is 10.4. The van der Waals surface area contributed by atoms with Gasteiger partial charge in [0.1, 0.15) is 12.1 Å². The Morgan fingerprint density at radius 3 is 2.64 bits per heavy atom. The third kappa shape index (κ3) is 6.42. The Balaban J connectivity index is 1.26. The molecule has 2 aliphatic rings. The molecule has 3 heterocycles. The van der Waals surface area contributed by atoms with Crippen molar-refractivity contribution in [3.8, 4) is 0 Å². The maximum absolute atomic E-state index is 13.4. The molecule has 6 N–H and O–H groups in total. The smallest absolute Gasteiger partial charge is 0.249 e. The molecule has 3 aromatic rings. The van der Waals surface area contributed by atoms with Crippen molar-refractivity contribution in [2.75, 3.05) is 18.4 Å². The van der Waals surface area contributed by atoms with Gasteiger partial charge in [-0.05, 0) is 43.4 Å². The predicted octanol–water partition coefficient (Wildman–Crippen LogP) is 0.942. The molecule has 5 rings (SSSR count). The van der Waals surface area contributed by atoms with Crippen LogP contribution in [0.3, 0.4) is 0 Å². The number of carbonyl (C=O) groups excluding carboxylic acids is 3. The van der Waals surface area contributed by atoms with Crippen LogP contribution >= 0.6 is 0 Å². The number of nitrogens with two attached hydrogens (primary N) is 1. The normalized spacial score (nSPS) is 23.5. The molecule has 2 saturated heterocycles. The van der Waals surface area contributed by atoms with E-state index in [2.05, 4.69) is 20.9 Å². The van der Waals surface area contributed by atoms with E-state index < -0.39 is 30.1 Å². The standard InChI is InChI=1S/C29H34N6O4/c30-20-13-24(31-15-20)29(39)35-17-22(34-28(38)26(36)11-10-18-6-2-1-3-7-18)14-25(35)27(37)33-21-12-19-8-4-5-9-23(19)32-16-21/h1-9,12,16,20,22,24-26,31,36H,10-11,13-15,17,30H2,(H,33,37)(H,34,38). The molecule has 204 valence electrons. The maximum Gasteiger partial charge on any atom is 0.249 e. The number of aliphatic hydroxyl groups is 1. The first kappa shape index (κ1) is 26.7. The number of hydrogen-bond donors (Lipinski definition) is 5. The van der Waals surface area contributed by atoms with Crippen molar-refractivity contribution in [3.05, 3.63) is 72.4 Å². The van der Waals surface area contributed by atoms with Crippen LogP contribution in [-0.4, -0.2) is 76.1 Å². The highest BCUT2D eigenvalue weighted by Gasteiger charge is 2.43. The first-order chi connectivity index (χ1) is 18.9. The molecule has 2 aliphatic heterocycles. The highest BCUT2D eigenvalue weighted by Crippen LogP contribution is 2.24. The van der Waals surface area contributed by atoms with Gasteiger partial charge in [-0.1, -0.05) is 48.5 Å². The van der Waals surface area contributed by atoms with Gasteiger partial charge in [0, 0.05) is 30.6 Å². The predicted molar refractivity (Wildman–Crippen MR) is 148 cm³/mol. The van der Waals surface area contributed by atoms with Crippen molar-refractivity contribution < 1.29 is 19.5 Å². The number of aryl methyl sites for hydroxylation is 1. The Morgan fingerprint density at radius 2 is 1.87 bits per heavy atom. The van der Waals surface area contributed by atoms with Crippen molar-refractivity contribution in [3.63, 3.8) is 0 Å². The van der Waals surface area contributed by atoms with Gasteiger partial charge < -0.3 is 31.7 Å². The topological polar surface area (TPSA) is 150 Å². The van der Waals surface area contributed by atoms with Gasteiger partial charge in [0.05, 0.1) is 23.4 Å². The number of pyridine rings is 1. The summed E-state index contributed by atoms with van der Waals surface area (Å²) in [5.74, 6) is -1.09. The largest absolute Gasteiger partial charge is 0.383 e. The van der Waals surface area contributed by atoms with Crippen molar-refractivity contribution in [2.45, 2.75) is 56.0 Å². The lowest BCUT2D eigenvalue weighted by Crippen LogP contribution is -2.50. The molecule has 39 heavy (non-hydrogen) atoms. The highest BCUT2D eigenvalue weighted by molar-refractivity contribution is 5.99. The fourth-order valence-corrected chi connectivity index (χ4v) is 5.33. The van der Waals surface area contributed by atoms with E-state index >= 15 is 0 Å². The molecule has 1 aromatic heterocycles. The van der Waals surface area contributed by atoms with Gasteiger partial charge in [-0.2, -0.15) is 0 Å². The monoisotopic (exact) mass is 530 g/mol. The zero-order valence-corrected chi connectivity index (χ0v) is 21.6. The summed E-state index contributed by atoms with van der Waals surface area (Å²) in [5, 5.41) is 20.2. The minimum absolute atomic E-state index is 0.132. The van der Waals surface area contributed by atoms with Crippen LogP contribution < -0.4 is 21.7 Å². The number of aliphatic hydroxyl groups excluding tert-OH is 1. The molecule has 2 fully saturated rings. The number of nitrogens with zero attached hydrogens (tertiary/aromatic N) is 2. The lowest BCUT2D eigenvalue weighted by Gasteiger charge is -2.26. The number of carbonyl (C=O) groups is 3. The van der Waals surface area contributed by atoms with Gasteiger partial charge in [-0.25, -0.2) is 0 Å². The van der Waals surface area contributed by atoms with E-state index in [1.165, 1.54) is 4.90 Å². The second-order valence-corrected chi connectivity index (χ2v) is 10.4. The number of fused-ring (bicyclic) bond motifs is 1. The fourth-order valence-electron chi connectivity index (χ4n) is 5.33. The molecule has 0 bridgehead atoms. The summed E-state index contributed by atoms with van der Waals surface area (Å²) in [6.07, 6.45) is 1.93. The molecule has 0 radical (unpaired) electrons. The molecule has 0 spiro atoms. The Morgan fingerprint density at radius 1 is 1.10 bits per heavy atom. The Bertz CT molecular complexity index is 1340. The summed E-state index contributed by atoms with van der Waals surface area (Å²) < 4.78 is 0. The van der Waals surface area contributed by atoms with Gasteiger partial charge in [0.25, 0.3) is 0 Å². The summed E-state index contributed by atoms with van der Waals surface area (Å²) in [6, 6.07) is 17.2. The van der Waals surface area contributed by atoms with Crippen LogP contribution in [0.1, 0.15) is 24.8 Å². The van der Waals surface area contributed by atoms with E-state index in [0.717, 1.165) is 16.5 Å². The Hall–Kier alpha value is -3.86. The summed E-state index contributed by atoms with van der Waals surface area (Å²) in [7, 11) is 0. The number of nitrogens with one attached hydrogen (secondary N) is 3. The van der Waals surface area contributed by atoms with Crippen LogP contribution in [0.2, 0.25) is 0 Å². The molecule has 10 heteroatoms. The highest BCUT2D eigenvalue weighted by atomic mass is 16.3. The SMILES string of the molecule is NC1CNC(C(=O)N2CC(NC(=O)C(O)CCc3ccccc3)CC2C(=O)Nc2cnc3ccccc3c2)C1. The minimum Gasteiger partial charge on any atom is -0.383 e. The molecule has 2 aromatic carbocycles. The number of amides is 3. The molecular formula is C29H34N6O4. The van der Waals surface area contributed by atoms with Crippen LogP contribution in [-0.2, 0) is 20.8 Å². The molecule has 0 aliphatic carbocycles. The third-order valence-electron chi connectivity index (χ3n) is 7.41. The van der Waals surface area contributed by atoms with Gasteiger partial charge in [0.2, 0.25) is 17.7 Å². The third-order valence-corrected chi connectivity index (χ3v) is 7.41. The summed E-state index contributed by atoms with van der Waals surface area (Å²) in [5.41, 5.74) is 8.36. The lowest BCUT2D eigenvalue weighted by atomic mass is 10.1. The number of hydrogen-bond acceptors (Lipinski definition) is 7. The van der Waals surface area contributed by atoms with E-state index in [0.29, 0.717) is 25.1 Å². The number of likely N-dealkylation sites (tertiary alicyclic amines) is 1. The van der Waals surface area contributed by atoms with Crippen LogP contribution in [0.5, 0.6) is 0 Å². The lowest BCUT2D eigenvalue weighted by molar-refractivity contribution is -0.138. The number of benzene rings is 2. The first-order valence-corrected chi connectivity index (χ1v) is 13.3. The van der Waals surface area contributed by atoms with Gasteiger partial charge in [-0.15, -0.1) is 0 Å². The number of anilines is 1. The van der Waals surface area contributed by atoms with Crippen LogP contribution in [0, 0.1) is 0 Å². The fraction of sp³-hybridized carbons (Fsp3) is 0.379. The van der Waals surface area contributed by atoms with Crippen LogP contribution in [0.25, 0.3) is 10.9 Å². The van der Waals surface area contributed by atoms with Crippen LogP contribution in [0.15, 0.2) is 66.9 Å². The average molecular weight is 531 g/mol. The molecule has 5 unspecified atom stereocenters. The number of aromatic nitrogens is 1. The van der Waals surface area contributed by atoms with Crippen molar-refractivity contribution >= 4 is 34.3 Å². The summed E-state index contributed by atoms with van der Waals surface area (Å²) in [6.45, 7) is 0.690. The quantitative estimate of drug-likeness (QED) is 0.291. The van der Waals surface area contributed by atoms with Crippen molar-refractivity contribution in [2.24, 2.45) is 5.73 Å². The number of rotatable bonds is 8. The molecular weight excluding hydrogens is 496 g/mol. The van der Waals surface area contributed by atoms with Crippen molar-refractivity contribution in [1.29, 1.82) is 0 Å². The molecule has 10 nitrogen and oxygen atoms in total. The van der Waals surface area contributed by atoms with E-state index in [1.807, 2.05) is 60.7 Å². The zero-order chi connectivity index (χ0) is 27.4. The van der Waals surface area contributed by atoms with Crippen molar-refractivity contribution in [1.82, 2.24) is 20.5 Å². The van der Waals surface area contributed by atoms with Gasteiger partial charge >= 0.3 is 0 Å². The Labute approximate surface area is 227 Å². The minimum atomic E-state index is -1.19. The molecule has 5 atom stereocenters. The summed E-state index contributed by atoms with van der Waals surface area (Å²) >= 11 is 0. The maximum atomic E-state index is 13.4. The van der Waals surface area contributed by atoms with Gasteiger partial charge in [0.15, 0.2) is 0 Å². The average Bonchev–Trinajstić information content (AvgIpc) is 3.58. The van der Waals surface area contributed by atoms with E-state index in [-0.39, 0.29) is 37.2 Å². The zero-order valence-electron chi connectivity index (χ0n) is 21.6. The second kappa shape index (κ2) is 11.9. The number of para-hydroxylation sites is 1. The molecule has 0 saturated carbocycles. The van der Waals surface area contributed by atoms with E-state index in [1.54, 1.807) is 6.20 Å². The summed E-state index contributed by atoms with van der Waals surface area (Å²) in [4.78, 5) is 45.5. The first-order valence-electron chi connectivity index (χ1n) is 13.3. The molecule has 3 amide bonds. The van der Waals surface area contributed by atoms with Crippen LogP contribution in [0.4, 0.5) is 5.69 Å². The van der Waals surface area contributed by atoms with E-state index in [9.17, 15) is 19.5 Å². The Kier molecular flexibility index (Phi) is 8.16.